The Morgan fingerprint density at radius 3 is 2.45 bits per heavy atom. The normalized spacial score (nSPS) is 28.6. The maximum absolute atomic E-state index is 11.5. The van der Waals surface area contributed by atoms with Crippen LogP contribution in [-0.4, -0.2) is 35.1 Å². The molecule has 2 atom stereocenters. The molecule has 1 N–H and O–H groups in total. The van der Waals surface area contributed by atoms with Crippen molar-refractivity contribution in [3.63, 3.8) is 0 Å². The molecule has 1 aromatic carbocycles. The van der Waals surface area contributed by atoms with Gasteiger partial charge >= 0.3 is 5.97 Å². The minimum Gasteiger partial charge on any atom is -0.481 e. The highest BCUT2D eigenvalue weighted by Gasteiger charge is 2.39. The van der Waals surface area contributed by atoms with Crippen molar-refractivity contribution in [2.45, 2.75) is 44.1 Å². The molecular formula is C17H23NO2. The minimum absolute atomic E-state index is 0.158. The van der Waals surface area contributed by atoms with Gasteiger partial charge in [-0.05, 0) is 18.4 Å². The van der Waals surface area contributed by atoms with Crippen LogP contribution in [0.15, 0.2) is 30.3 Å². The first-order chi connectivity index (χ1) is 9.75. The highest BCUT2D eigenvalue weighted by Crippen LogP contribution is 2.35. The third-order valence-corrected chi connectivity index (χ3v) is 4.95. The summed E-state index contributed by atoms with van der Waals surface area (Å²) in [4.78, 5) is 13.9. The molecule has 0 bridgehead atoms. The van der Waals surface area contributed by atoms with Crippen LogP contribution in [0.4, 0.5) is 0 Å². The fourth-order valence-electron chi connectivity index (χ4n) is 3.73. The summed E-state index contributed by atoms with van der Waals surface area (Å²) in [5.41, 5.74) is 1.39. The van der Waals surface area contributed by atoms with E-state index < -0.39 is 5.97 Å². The molecule has 1 heterocycles. The zero-order valence-electron chi connectivity index (χ0n) is 11.9. The van der Waals surface area contributed by atoms with E-state index in [0.717, 1.165) is 32.4 Å². The van der Waals surface area contributed by atoms with Crippen LogP contribution in [-0.2, 0) is 4.79 Å². The van der Waals surface area contributed by atoms with Crippen molar-refractivity contribution in [1.29, 1.82) is 0 Å². The summed E-state index contributed by atoms with van der Waals surface area (Å²) >= 11 is 0. The van der Waals surface area contributed by atoms with E-state index in [1.165, 1.54) is 18.4 Å². The van der Waals surface area contributed by atoms with Gasteiger partial charge in [0.05, 0.1) is 5.92 Å². The summed E-state index contributed by atoms with van der Waals surface area (Å²) in [7, 11) is 0. The first kappa shape index (κ1) is 13.6. The van der Waals surface area contributed by atoms with E-state index in [1.54, 1.807) is 0 Å². The second-order valence-electron chi connectivity index (χ2n) is 6.21. The largest absolute Gasteiger partial charge is 0.481 e. The zero-order valence-corrected chi connectivity index (χ0v) is 11.9. The van der Waals surface area contributed by atoms with Crippen molar-refractivity contribution in [2.24, 2.45) is 5.92 Å². The first-order valence-corrected chi connectivity index (χ1v) is 7.77. The predicted molar refractivity (Wildman–Crippen MR) is 78.8 cm³/mol. The molecule has 2 aliphatic rings. The van der Waals surface area contributed by atoms with Gasteiger partial charge in [-0.1, -0.05) is 49.6 Å². The van der Waals surface area contributed by atoms with Gasteiger partial charge in [-0.15, -0.1) is 0 Å². The second-order valence-corrected chi connectivity index (χ2v) is 6.21. The van der Waals surface area contributed by atoms with E-state index in [0.29, 0.717) is 5.92 Å². The molecule has 1 aliphatic carbocycles. The number of hydrogen-bond donors (Lipinski definition) is 1. The maximum atomic E-state index is 11.5. The van der Waals surface area contributed by atoms with Crippen LogP contribution in [0, 0.1) is 5.92 Å². The number of carboxylic acid groups (broad SMARTS) is 1. The quantitative estimate of drug-likeness (QED) is 0.860. The Morgan fingerprint density at radius 1 is 1.05 bits per heavy atom. The van der Waals surface area contributed by atoms with Gasteiger partial charge in [0.15, 0.2) is 0 Å². The number of carboxylic acids is 1. The van der Waals surface area contributed by atoms with Crippen molar-refractivity contribution in [1.82, 2.24) is 4.90 Å². The van der Waals surface area contributed by atoms with E-state index in [1.807, 2.05) is 6.07 Å². The topological polar surface area (TPSA) is 40.5 Å². The molecule has 0 amide bonds. The molecule has 2 unspecified atom stereocenters. The molecular weight excluding hydrogens is 250 g/mol. The molecule has 108 valence electrons. The summed E-state index contributed by atoms with van der Waals surface area (Å²) in [6.07, 6.45) is 5.35. The molecule has 1 aromatic rings. The fraction of sp³-hybridized carbons (Fsp3) is 0.588. The highest BCUT2D eigenvalue weighted by atomic mass is 16.4. The van der Waals surface area contributed by atoms with Crippen molar-refractivity contribution in [3.8, 4) is 0 Å². The summed E-state index contributed by atoms with van der Waals surface area (Å²) in [5, 5.41) is 9.46. The fourth-order valence-corrected chi connectivity index (χ4v) is 3.73. The first-order valence-electron chi connectivity index (χ1n) is 7.77. The standard InChI is InChI=1S/C17H23NO2/c19-17(20)15-9-5-2-6-10-16(15)18-11-14(12-18)13-7-3-1-4-8-13/h1,3-4,7-8,14-16H,2,5-6,9-12H2,(H,19,20). The lowest BCUT2D eigenvalue weighted by molar-refractivity contribution is -0.145. The van der Waals surface area contributed by atoms with E-state index >= 15 is 0 Å². The number of aliphatic carboxylic acids is 1. The molecule has 0 aromatic heterocycles. The average molecular weight is 273 g/mol. The third-order valence-electron chi connectivity index (χ3n) is 4.95. The molecule has 1 saturated carbocycles. The van der Waals surface area contributed by atoms with Gasteiger partial charge in [-0.2, -0.15) is 0 Å². The number of nitrogens with zero attached hydrogens (tertiary/aromatic N) is 1. The van der Waals surface area contributed by atoms with Gasteiger partial charge in [0.25, 0.3) is 0 Å². The molecule has 2 fully saturated rings. The molecule has 20 heavy (non-hydrogen) atoms. The third kappa shape index (κ3) is 2.73. The van der Waals surface area contributed by atoms with Gasteiger partial charge in [-0.3, -0.25) is 9.69 Å². The Kier molecular flexibility index (Phi) is 4.06. The monoisotopic (exact) mass is 273 g/mol. The molecule has 3 rings (SSSR count). The van der Waals surface area contributed by atoms with Crippen LogP contribution >= 0.6 is 0 Å². The van der Waals surface area contributed by atoms with Crippen molar-refractivity contribution in [3.05, 3.63) is 35.9 Å². The molecule has 3 nitrogen and oxygen atoms in total. The molecule has 0 spiro atoms. The zero-order chi connectivity index (χ0) is 13.9. The smallest absolute Gasteiger partial charge is 0.308 e. The van der Waals surface area contributed by atoms with Crippen molar-refractivity contribution < 1.29 is 9.90 Å². The number of benzene rings is 1. The van der Waals surface area contributed by atoms with Crippen LogP contribution in [0.25, 0.3) is 0 Å². The molecule has 0 radical (unpaired) electrons. The Labute approximate surface area is 120 Å². The van der Waals surface area contributed by atoms with E-state index in [4.69, 9.17) is 0 Å². The number of likely N-dealkylation sites (tertiary alicyclic amines) is 1. The van der Waals surface area contributed by atoms with E-state index in [-0.39, 0.29) is 12.0 Å². The lowest BCUT2D eigenvalue weighted by Gasteiger charge is -2.46. The average Bonchev–Trinajstić information content (AvgIpc) is 2.64. The van der Waals surface area contributed by atoms with Gasteiger partial charge in [0.2, 0.25) is 0 Å². The van der Waals surface area contributed by atoms with Gasteiger partial charge < -0.3 is 5.11 Å². The van der Waals surface area contributed by atoms with Crippen LogP contribution in [0.3, 0.4) is 0 Å². The summed E-state index contributed by atoms with van der Waals surface area (Å²) in [6.45, 7) is 2.05. The number of carbonyl (C=O) groups is 1. The Hall–Kier alpha value is -1.35. The number of hydrogen-bond acceptors (Lipinski definition) is 2. The lowest BCUT2D eigenvalue weighted by atomic mass is 9.85. The van der Waals surface area contributed by atoms with Gasteiger partial charge in [0, 0.05) is 25.0 Å². The van der Waals surface area contributed by atoms with E-state index in [9.17, 15) is 9.90 Å². The molecule has 1 saturated heterocycles. The Morgan fingerprint density at radius 2 is 1.75 bits per heavy atom. The minimum atomic E-state index is -0.597. The van der Waals surface area contributed by atoms with Crippen molar-refractivity contribution >= 4 is 5.97 Å². The van der Waals surface area contributed by atoms with Crippen LogP contribution in [0.1, 0.15) is 43.6 Å². The van der Waals surface area contributed by atoms with Gasteiger partial charge in [-0.25, -0.2) is 0 Å². The van der Waals surface area contributed by atoms with Crippen LogP contribution in [0.5, 0.6) is 0 Å². The SMILES string of the molecule is O=C(O)C1CCCCCC1N1CC(c2ccccc2)C1. The Bertz CT molecular complexity index is 453. The number of rotatable bonds is 3. The predicted octanol–water partition coefficient (Wildman–Crippen LogP) is 3.12. The molecule has 1 aliphatic heterocycles. The summed E-state index contributed by atoms with van der Waals surface area (Å²) in [5.74, 6) is -0.164. The van der Waals surface area contributed by atoms with E-state index in [2.05, 4.69) is 29.2 Å². The van der Waals surface area contributed by atoms with Gasteiger partial charge in [0.1, 0.15) is 0 Å². The van der Waals surface area contributed by atoms with Crippen molar-refractivity contribution in [2.75, 3.05) is 13.1 Å². The highest BCUT2D eigenvalue weighted by molar-refractivity contribution is 5.71. The van der Waals surface area contributed by atoms with Crippen LogP contribution in [0.2, 0.25) is 0 Å². The second kappa shape index (κ2) is 5.96. The summed E-state index contributed by atoms with van der Waals surface area (Å²) < 4.78 is 0. The summed E-state index contributed by atoms with van der Waals surface area (Å²) in [6, 6.07) is 10.8. The maximum Gasteiger partial charge on any atom is 0.308 e. The molecule has 3 heteroatoms. The lowest BCUT2D eigenvalue weighted by Crippen LogP contribution is -2.54. The van der Waals surface area contributed by atoms with Crippen LogP contribution < -0.4 is 0 Å². The Balaban J connectivity index is 1.63.